The van der Waals surface area contributed by atoms with Gasteiger partial charge in [-0.25, -0.2) is 0 Å². The normalized spacial score (nSPS) is 16.2. The number of ether oxygens (including phenoxy) is 1. The summed E-state index contributed by atoms with van der Waals surface area (Å²) in [6.07, 6.45) is -8.89. The molecule has 0 amide bonds. The van der Waals surface area contributed by atoms with Gasteiger partial charge >= 0.3 is 12.4 Å². The van der Waals surface area contributed by atoms with Crippen LogP contribution < -0.4 is 10.1 Å². The number of rotatable bonds is 9. The number of nitrogens with one attached hydrogen (secondary N) is 1. The third-order valence-electron chi connectivity index (χ3n) is 6.99. The number of hydrogen-bond acceptors (Lipinski definition) is 4. The predicted molar refractivity (Wildman–Crippen MR) is 139 cm³/mol. The molecule has 0 bridgehead atoms. The summed E-state index contributed by atoms with van der Waals surface area (Å²) in [6.45, 7) is 4.11. The summed E-state index contributed by atoms with van der Waals surface area (Å²) in [6, 6.07) is 18.8. The van der Waals surface area contributed by atoms with Crippen molar-refractivity contribution in [3.05, 3.63) is 95.1 Å². The summed E-state index contributed by atoms with van der Waals surface area (Å²) >= 11 is 0. The zero-order chi connectivity index (χ0) is 28.0. The number of nitrogens with zero attached hydrogens (tertiary/aromatic N) is 2. The van der Waals surface area contributed by atoms with Crippen molar-refractivity contribution < 1.29 is 31.1 Å². The molecule has 1 aliphatic heterocycles. The summed E-state index contributed by atoms with van der Waals surface area (Å²) in [5.74, 6) is 0.813. The molecule has 1 saturated heterocycles. The Labute approximate surface area is 224 Å². The van der Waals surface area contributed by atoms with Gasteiger partial charge in [-0.1, -0.05) is 42.5 Å². The first-order valence-corrected chi connectivity index (χ1v) is 12.7. The number of piperazine rings is 1. The van der Waals surface area contributed by atoms with Gasteiger partial charge in [0, 0.05) is 45.0 Å². The molecule has 3 aromatic carbocycles. The highest BCUT2D eigenvalue weighted by Crippen LogP contribution is 2.38. The molecule has 4 rings (SSSR count). The van der Waals surface area contributed by atoms with Gasteiger partial charge in [-0.2, -0.15) is 26.3 Å². The van der Waals surface area contributed by atoms with E-state index in [1.54, 1.807) is 7.11 Å². The van der Waals surface area contributed by atoms with Crippen molar-refractivity contribution in [3.8, 4) is 5.75 Å². The highest BCUT2D eigenvalue weighted by atomic mass is 19.4. The van der Waals surface area contributed by atoms with Crippen molar-refractivity contribution in [1.82, 2.24) is 9.80 Å². The Balaban J connectivity index is 1.43. The molecule has 0 saturated carbocycles. The summed E-state index contributed by atoms with van der Waals surface area (Å²) < 4.78 is 85.1. The fraction of sp³-hybridized carbons (Fsp3) is 0.379. The Bertz CT molecular complexity index is 1160. The monoisotopic (exact) mass is 551 g/mol. The van der Waals surface area contributed by atoms with Crippen LogP contribution in [0.15, 0.2) is 72.8 Å². The van der Waals surface area contributed by atoms with Gasteiger partial charge in [-0.05, 0) is 47.9 Å². The average molecular weight is 552 g/mol. The fourth-order valence-electron chi connectivity index (χ4n) is 4.78. The van der Waals surface area contributed by atoms with E-state index >= 15 is 0 Å². The van der Waals surface area contributed by atoms with Crippen LogP contribution in [0.25, 0.3) is 0 Å². The molecular formula is C29H31F6N3O. The minimum absolute atomic E-state index is 0.144. The first kappa shape index (κ1) is 28.8. The molecule has 0 spiro atoms. The molecular weight excluding hydrogens is 520 g/mol. The van der Waals surface area contributed by atoms with Crippen molar-refractivity contribution >= 4 is 5.69 Å². The second kappa shape index (κ2) is 12.3. The second-order valence-corrected chi connectivity index (χ2v) is 9.58. The molecule has 1 fully saturated rings. The molecule has 1 atom stereocenters. The predicted octanol–water partition coefficient (Wildman–Crippen LogP) is 6.75. The Morgan fingerprint density at radius 3 is 1.92 bits per heavy atom. The van der Waals surface area contributed by atoms with E-state index in [9.17, 15) is 26.3 Å². The summed E-state index contributed by atoms with van der Waals surface area (Å²) in [5.41, 5.74) is -0.720. The Kier molecular flexibility index (Phi) is 9.07. The maximum Gasteiger partial charge on any atom is 0.416 e. The highest BCUT2D eigenvalue weighted by Gasteiger charge is 2.37. The molecule has 0 aromatic heterocycles. The Morgan fingerprint density at radius 2 is 1.38 bits per heavy atom. The molecule has 1 aliphatic rings. The first-order chi connectivity index (χ1) is 18.5. The molecule has 1 N–H and O–H groups in total. The lowest BCUT2D eigenvalue weighted by molar-refractivity contribution is -0.143. The zero-order valence-electron chi connectivity index (χ0n) is 21.5. The zero-order valence-corrected chi connectivity index (χ0v) is 21.5. The average Bonchev–Trinajstić information content (AvgIpc) is 2.92. The first-order valence-electron chi connectivity index (χ1n) is 12.7. The quantitative estimate of drug-likeness (QED) is 0.298. The standard InChI is InChI=1S/C29H31F6N3O/c1-39-26-9-7-21(8-10-26)11-12-37-13-15-38(16-14-37)27(22-5-3-2-4-6-22)20-36-25-18-23(28(30,31)32)17-24(19-25)29(33,34)35/h2-10,17-19,27,36H,11-16,20H2,1H3. The van der Waals surface area contributed by atoms with Gasteiger partial charge < -0.3 is 15.0 Å². The maximum absolute atomic E-state index is 13.3. The van der Waals surface area contributed by atoms with E-state index in [4.69, 9.17) is 4.74 Å². The Hall–Kier alpha value is -3.24. The third kappa shape index (κ3) is 7.89. The van der Waals surface area contributed by atoms with Crippen LogP contribution in [0.1, 0.15) is 28.3 Å². The van der Waals surface area contributed by atoms with Crippen LogP contribution in [0.4, 0.5) is 32.0 Å². The SMILES string of the molecule is COc1ccc(CCN2CCN(C(CNc3cc(C(F)(F)F)cc(C(F)(F)F)c3)c3ccccc3)CC2)cc1. The van der Waals surface area contributed by atoms with Crippen LogP contribution in [0.2, 0.25) is 0 Å². The molecule has 10 heteroatoms. The van der Waals surface area contributed by atoms with E-state index in [-0.39, 0.29) is 24.3 Å². The molecule has 4 nitrogen and oxygen atoms in total. The van der Waals surface area contributed by atoms with Crippen LogP contribution in [0.5, 0.6) is 5.75 Å². The molecule has 1 heterocycles. The largest absolute Gasteiger partial charge is 0.497 e. The molecule has 210 valence electrons. The van der Waals surface area contributed by atoms with Crippen LogP contribution in [-0.4, -0.2) is 56.2 Å². The molecule has 1 unspecified atom stereocenters. The fourth-order valence-corrected chi connectivity index (χ4v) is 4.78. The number of alkyl halides is 6. The minimum Gasteiger partial charge on any atom is -0.497 e. The van der Waals surface area contributed by atoms with Crippen LogP contribution >= 0.6 is 0 Å². The van der Waals surface area contributed by atoms with Gasteiger partial charge in [0.1, 0.15) is 5.75 Å². The number of anilines is 1. The summed E-state index contributed by atoms with van der Waals surface area (Å²) in [4.78, 5) is 4.59. The van der Waals surface area contributed by atoms with Gasteiger partial charge in [0.25, 0.3) is 0 Å². The maximum atomic E-state index is 13.3. The van der Waals surface area contributed by atoms with Crippen molar-refractivity contribution in [3.63, 3.8) is 0 Å². The van der Waals surface area contributed by atoms with Gasteiger partial charge in [-0.3, -0.25) is 4.90 Å². The summed E-state index contributed by atoms with van der Waals surface area (Å²) in [7, 11) is 1.63. The highest BCUT2D eigenvalue weighted by molar-refractivity contribution is 5.51. The van der Waals surface area contributed by atoms with Crippen molar-refractivity contribution in [2.24, 2.45) is 0 Å². The molecule has 39 heavy (non-hydrogen) atoms. The van der Waals surface area contributed by atoms with Crippen molar-refractivity contribution in [1.29, 1.82) is 0 Å². The van der Waals surface area contributed by atoms with Crippen molar-refractivity contribution in [2.45, 2.75) is 24.8 Å². The van der Waals surface area contributed by atoms with Gasteiger partial charge in [0.05, 0.1) is 24.3 Å². The lowest BCUT2D eigenvalue weighted by Crippen LogP contribution is -2.49. The molecule has 0 aliphatic carbocycles. The number of benzene rings is 3. The lowest BCUT2D eigenvalue weighted by atomic mass is 10.0. The van der Waals surface area contributed by atoms with E-state index < -0.39 is 23.5 Å². The number of hydrogen-bond donors (Lipinski definition) is 1. The van der Waals surface area contributed by atoms with E-state index in [0.29, 0.717) is 0 Å². The van der Waals surface area contributed by atoms with Crippen LogP contribution in [0.3, 0.4) is 0 Å². The van der Waals surface area contributed by atoms with Crippen LogP contribution in [0, 0.1) is 0 Å². The molecule has 0 radical (unpaired) electrons. The second-order valence-electron chi connectivity index (χ2n) is 9.58. The topological polar surface area (TPSA) is 27.7 Å². The van der Waals surface area contributed by atoms with Gasteiger partial charge in [0.15, 0.2) is 0 Å². The number of methoxy groups -OCH3 is 1. The third-order valence-corrected chi connectivity index (χ3v) is 6.99. The molecule has 3 aromatic rings. The van der Waals surface area contributed by atoms with E-state index in [2.05, 4.69) is 15.1 Å². The smallest absolute Gasteiger partial charge is 0.416 e. The van der Waals surface area contributed by atoms with Crippen molar-refractivity contribution in [2.75, 3.05) is 51.7 Å². The van der Waals surface area contributed by atoms with E-state index in [0.717, 1.165) is 62.6 Å². The summed E-state index contributed by atoms with van der Waals surface area (Å²) in [5, 5.41) is 2.87. The van der Waals surface area contributed by atoms with Crippen LogP contribution in [-0.2, 0) is 18.8 Å². The minimum atomic E-state index is -4.89. The van der Waals surface area contributed by atoms with Gasteiger partial charge in [-0.15, -0.1) is 0 Å². The van der Waals surface area contributed by atoms with E-state index in [1.807, 2.05) is 54.6 Å². The van der Waals surface area contributed by atoms with Gasteiger partial charge in [0.2, 0.25) is 0 Å². The van der Waals surface area contributed by atoms with E-state index in [1.165, 1.54) is 5.56 Å². The lowest BCUT2D eigenvalue weighted by Gasteiger charge is -2.39. The number of halogens is 6. The Morgan fingerprint density at radius 1 is 0.795 bits per heavy atom.